The van der Waals surface area contributed by atoms with Gasteiger partial charge in [-0.2, -0.15) is 13.2 Å². The molecule has 0 saturated carbocycles. The summed E-state index contributed by atoms with van der Waals surface area (Å²) in [6.07, 6.45) is 0. The Morgan fingerprint density at radius 3 is 2.58 bits per heavy atom. The number of hydrogen-bond acceptors (Lipinski definition) is 4. The number of carbonyl (C=O) groups is 1. The third kappa shape index (κ3) is 3.56. The highest BCUT2D eigenvalue weighted by Gasteiger charge is 2.29. The van der Waals surface area contributed by atoms with Crippen molar-refractivity contribution in [1.82, 2.24) is 14.5 Å². The van der Waals surface area contributed by atoms with Gasteiger partial charge < -0.3 is 9.67 Å². The number of carboxylic acid groups (broad SMARTS) is 1. The number of rotatable bonds is 3. The Labute approximate surface area is 158 Å². The monoisotopic (exact) mass is 445 g/mol. The van der Waals surface area contributed by atoms with Gasteiger partial charge >= 0.3 is 11.5 Å². The molecule has 1 aromatic carbocycles. The molecule has 26 heavy (non-hydrogen) atoms. The molecule has 0 aliphatic carbocycles. The van der Waals surface area contributed by atoms with Crippen LogP contribution in [0.1, 0.15) is 15.9 Å². The maximum atomic E-state index is 12.6. The lowest BCUT2D eigenvalue weighted by Gasteiger charge is -2.08. The summed E-state index contributed by atoms with van der Waals surface area (Å²) >= 11 is 3.04. The fourth-order valence-corrected chi connectivity index (χ4v) is 3.38. The number of aryl methyl sites for hydroxylation is 2. The van der Waals surface area contributed by atoms with Gasteiger partial charge in [-0.05, 0) is 64.4 Å². The van der Waals surface area contributed by atoms with Crippen molar-refractivity contribution in [1.29, 1.82) is 0 Å². The summed E-state index contributed by atoms with van der Waals surface area (Å²) in [5.41, 5.74) is -2.75. The quantitative estimate of drug-likeness (QED) is 0.452. The lowest BCUT2D eigenvalue weighted by atomic mass is 10.1. The highest BCUT2D eigenvalue weighted by Crippen LogP contribution is 2.38. The first-order valence-corrected chi connectivity index (χ1v) is 8.81. The Morgan fingerprint density at radius 2 is 1.96 bits per heavy atom. The van der Waals surface area contributed by atoms with Crippen LogP contribution in [0.5, 0.6) is 0 Å². The first-order chi connectivity index (χ1) is 12.1. The van der Waals surface area contributed by atoms with Gasteiger partial charge in [-0.1, -0.05) is 0 Å². The summed E-state index contributed by atoms with van der Waals surface area (Å²) in [6, 6.07) is 5.66. The average Bonchev–Trinajstić information content (AvgIpc) is 2.84. The SMILES string of the molecule is Cc1cc(C(=O)O)c(-c2nc3cc(SC(F)(F)F)ccc3n2C)nc1Br. The Balaban J connectivity index is 2.19. The molecule has 0 spiro atoms. The molecular weight excluding hydrogens is 435 g/mol. The number of halogens is 4. The van der Waals surface area contributed by atoms with Crippen molar-refractivity contribution < 1.29 is 23.1 Å². The molecule has 0 aliphatic rings. The molecule has 3 rings (SSSR count). The summed E-state index contributed by atoms with van der Waals surface area (Å²) in [5.74, 6) is -0.907. The molecule has 2 heterocycles. The predicted octanol–water partition coefficient (Wildman–Crippen LogP) is 5.02. The van der Waals surface area contributed by atoms with Gasteiger partial charge in [0.1, 0.15) is 10.3 Å². The summed E-state index contributed by atoms with van der Waals surface area (Å²) < 4.78 is 39.8. The van der Waals surface area contributed by atoms with E-state index < -0.39 is 11.5 Å². The van der Waals surface area contributed by atoms with Crippen LogP contribution in [0.4, 0.5) is 13.2 Å². The Morgan fingerprint density at radius 1 is 1.27 bits per heavy atom. The normalized spacial score (nSPS) is 11.9. The van der Waals surface area contributed by atoms with E-state index in [2.05, 4.69) is 25.9 Å². The minimum absolute atomic E-state index is 0.00570. The molecule has 136 valence electrons. The number of pyridine rings is 1. The summed E-state index contributed by atoms with van der Waals surface area (Å²) in [4.78, 5) is 20.2. The molecule has 0 atom stereocenters. The van der Waals surface area contributed by atoms with Gasteiger partial charge in [-0.25, -0.2) is 14.8 Å². The van der Waals surface area contributed by atoms with Crippen molar-refractivity contribution in [3.05, 3.63) is 40.0 Å². The van der Waals surface area contributed by atoms with Crippen molar-refractivity contribution >= 4 is 44.7 Å². The minimum Gasteiger partial charge on any atom is -0.478 e. The Kier molecular flexibility index (Phi) is 4.74. The third-order valence-electron chi connectivity index (χ3n) is 3.68. The van der Waals surface area contributed by atoms with E-state index in [-0.39, 0.29) is 33.7 Å². The second kappa shape index (κ2) is 6.58. The molecule has 0 unspecified atom stereocenters. The van der Waals surface area contributed by atoms with Gasteiger partial charge in [-0.15, -0.1) is 0 Å². The van der Waals surface area contributed by atoms with Crippen LogP contribution in [0.25, 0.3) is 22.6 Å². The zero-order valence-electron chi connectivity index (χ0n) is 13.4. The molecule has 2 aromatic heterocycles. The Hall–Kier alpha value is -2.07. The van der Waals surface area contributed by atoms with Crippen molar-refractivity contribution in [2.75, 3.05) is 0 Å². The molecule has 1 N–H and O–H groups in total. The molecule has 5 nitrogen and oxygen atoms in total. The van der Waals surface area contributed by atoms with Crippen LogP contribution in [0.3, 0.4) is 0 Å². The van der Waals surface area contributed by atoms with Crippen molar-refractivity contribution in [3.8, 4) is 11.5 Å². The number of thioether (sulfide) groups is 1. The van der Waals surface area contributed by atoms with E-state index in [4.69, 9.17) is 0 Å². The molecule has 3 aromatic rings. The lowest BCUT2D eigenvalue weighted by molar-refractivity contribution is -0.0328. The number of nitrogens with zero attached hydrogens (tertiary/aromatic N) is 3. The number of aromatic carboxylic acids is 1. The van der Waals surface area contributed by atoms with Crippen LogP contribution in [0.15, 0.2) is 33.8 Å². The minimum atomic E-state index is -4.40. The average molecular weight is 446 g/mol. The van der Waals surface area contributed by atoms with E-state index >= 15 is 0 Å². The van der Waals surface area contributed by atoms with Gasteiger partial charge in [0.25, 0.3) is 0 Å². The molecule has 10 heteroatoms. The second-order valence-corrected chi connectivity index (χ2v) is 7.38. The number of benzene rings is 1. The largest absolute Gasteiger partial charge is 0.478 e. The molecular formula is C16H11BrF3N3O2S. The number of hydrogen-bond donors (Lipinski definition) is 1. The fraction of sp³-hybridized carbons (Fsp3) is 0.188. The first kappa shape index (κ1) is 18.7. The smallest absolute Gasteiger partial charge is 0.446 e. The first-order valence-electron chi connectivity index (χ1n) is 7.20. The van der Waals surface area contributed by atoms with Crippen molar-refractivity contribution in [2.45, 2.75) is 17.3 Å². The Bertz CT molecular complexity index is 1030. The molecule has 0 saturated heterocycles. The molecule has 0 bridgehead atoms. The number of fused-ring (bicyclic) bond motifs is 1. The third-order valence-corrected chi connectivity index (χ3v) is 5.20. The van der Waals surface area contributed by atoms with E-state index in [1.807, 2.05) is 0 Å². The molecule has 0 radical (unpaired) electrons. The van der Waals surface area contributed by atoms with Crippen LogP contribution < -0.4 is 0 Å². The van der Waals surface area contributed by atoms with Crippen LogP contribution in [-0.2, 0) is 7.05 Å². The summed E-state index contributed by atoms with van der Waals surface area (Å²) in [7, 11) is 1.66. The van der Waals surface area contributed by atoms with Gasteiger partial charge in [-0.3, -0.25) is 0 Å². The summed E-state index contributed by atoms with van der Waals surface area (Å²) in [5, 5.41) is 9.46. The zero-order valence-corrected chi connectivity index (χ0v) is 15.8. The van der Waals surface area contributed by atoms with E-state index in [0.29, 0.717) is 21.2 Å². The van der Waals surface area contributed by atoms with Crippen LogP contribution in [-0.4, -0.2) is 31.1 Å². The standard InChI is InChI=1S/C16H11BrF3N3O2S/c1-7-5-9(15(24)25)12(22-13(7)17)14-21-10-6-8(26-16(18,19)20)3-4-11(10)23(14)2/h3-6H,1-2H3,(H,24,25). The highest BCUT2D eigenvalue weighted by molar-refractivity contribution is 9.10. The predicted molar refractivity (Wildman–Crippen MR) is 95.3 cm³/mol. The topological polar surface area (TPSA) is 68.0 Å². The van der Waals surface area contributed by atoms with Gasteiger partial charge in [0, 0.05) is 11.9 Å². The second-order valence-electron chi connectivity index (χ2n) is 5.49. The highest BCUT2D eigenvalue weighted by atomic mass is 79.9. The molecule has 0 fully saturated rings. The van der Waals surface area contributed by atoms with Crippen LogP contribution in [0.2, 0.25) is 0 Å². The van der Waals surface area contributed by atoms with Crippen LogP contribution in [0, 0.1) is 6.92 Å². The van der Waals surface area contributed by atoms with Gasteiger partial charge in [0.05, 0.1) is 16.6 Å². The maximum Gasteiger partial charge on any atom is 0.446 e. The number of imidazole rings is 1. The number of alkyl halides is 3. The lowest BCUT2D eigenvalue weighted by Crippen LogP contribution is -2.06. The van der Waals surface area contributed by atoms with Crippen molar-refractivity contribution in [3.63, 3.8) is 0 Å². The van der Waals surface area contributed by atoms with E-state index in [0.717, 1.165) is 0 Å². The van der Waals surface area contributed by atoms with E-state index in [1.165, 1.54) is 24.3 Å². The number of carboxylic acids is 1. The maximum absolute atomic E-state index is 12.6. The van der Waals surface area contributed by atoms with Gasteiger partial charge in [0.15, 0.2) is 5.82 Å². The fourth-order valence-electron chi connectivity index (χ4n) is 2.51. The number of aromatic nitrogens is 3. The van der Waals surface area contributed by atoms with E-state index in [1.54, 1.807) is 18.5 Å². The van der Waals surface area contributed by atoms with Crippen LogP contribution >= 0.6 is 27.7 Å². The van der Waals surface area contributed by atoms with E-state index in [9.17, 15) is 23.1 Å². The summed E-state index contributed by atoms with van der Waals surface area (Å²) in [6.45, 7) is 1.71. The zero-order chi connectivity index (χ0) is 19.2. The van der Waals surface area contributed by atoms with Gasteiger partial charge in [0.2, 0.25) is 0 Å². The molecule has 0 aliphatic heterocycles. The molecule has 0 amide bonds. The van der Waals surface area contributed by atoms with Crippen molar-refractivity contribution in [2.24, 2.45) is 7.05 Å².